The Morgan fingerprint density at radius 3 is 3.00 bits per heavy atom. The number of hydrogen-bond donors (Lipinski definition) is 2. The number of fused-ring (bicyclic) bond motifs is 1. The molecule has 96 valence electrons. The van der Waals surface area contributed by atoms with E-state index in [1.54, 1.807) is 12.3 Å². The maximum absolute atomic E-state index is 12.3. The van der Waals surface area contributed by atoms with Gasteiger partial charge in [-0.25, -0.2) is 4.98 Å². The van der Waals surface area contributed by atoms with Crippen LogP contribution in [-0.2, 0) is 17.6 Å². The van der Waals surface area contributed by atoms with Gasteiger partial charge in [-0.05, 0) is 29.3 Å². The van der Waals surface area contributed by atoms with Gasteiger partial charge in [0.25, 0.3) is 0 Å². The van der Waals surface area contributed by atoms with E-state index >= 15 is 0 Å². The highest BCUT2D eigenvalue weighted by Crippen LogP contribution is 2.26. The molecule has 0 spiro atoms. The zero-order chi connectivity index (χ0) is 13.2. The summed E-state index contributed by atoms with van der Waals surface area (Å²) in [5, 5.41) is 3.27. The molecule has 3 rings (SSSR count). The van der Waals surface area contributed by atoms with Crippen molar-refractivity contribution in [3.05, 3.63) is 53.7 Å². The van der Waals surface area contributed by atoms with E-state index in [1.807, 2.05) is 24.3 Å². The van der Waals surface area contributed by atoms with Crippen LogP contribution in [0.4, 0.5) is 11.5 Å². The first-order valence-corrected chi connectivity index (χ1v) is 6.30. The van der Waals surface area contributed by atoms with Crippen LogP contribution in [0.2, 0.25) is 0 Å². The molecule has 0 saturated heterocycles. The SMILES string of the molecule is Nc1cc(CC(=O)C2Cc3ccccc3N2)ccn1. The minimum atomic E-state index is -0.133. The van der Waals surface area contributed by atoms with E-state index in [-0.39, 0.29) is 11.8 Å². The fourth-order valence-corrected chi connectivity index (χ4v) is 2.42. The van der Waals surface area contributed by atoms with Crippen molar-refractivity contribution in [2.24, 2.45) is 0 Å². The summed E-state index contributed by atoms with van der Waals surface area (Å²) in [5.41, 5.74) is 8.80. The van der Waals surface area contributed by atoms with Gasteiger partial charge in [0.1, 0.15) is 5.82 Å². The van der Waals surface area contributed by atoms with Crippen molar-refractivity contribution in [1.29, 1.82) is 0 Å². The van der Waals surface area contributed by atoms with E-state index in [4.69, 9.17) is 5.73 Å². The normalized spacial score (nSPS) is 16.7. The van der Waals surface area contributed by atoms with Crippen LogP contribution < -0.4 is 11.1 Å². The van der Waals surface area contributed by atoms with Gasteiger partial charge in [0, 0.05) is 24.7 Å². The number of rotatable bonds is 3. The topological polar surface area (TPSA) is 68.0 Å². The third-order valence-electron chi connectivity index (χ3n) is 3.38. The predicted molar refractivity (Wildman–Crippen MR) is 74.9 cm³/mol. The minimum absolute atomic E-state index is 0.133. The van der Waals surface area contributed by atoms with Crippen molar-refractivity contribution >= 4 is 17.3 Å². The predicted octanol–water partition coefficient (Wildman–Crippen LogP) is 1.81. The Morgan fingerprint density at radius 2 is 2.21 bits per heavy atom. The lowest BCUT2D eigenvalue weighted by atomic mass is 10.0. The lowest BCUT2D eigenvalue weighted by molar-refractivity contribution is -0.119. The Morgan fingerprint density at radius 1 is 1.37 bits per heavy atom. The molecule has 0 aliphatic carbocycles. The van der Waals surface area contributed by atoms with E-state index in [0.717, 1.165) is 17.7 Å². The first-order valence-electron chi connectivity index (χ1n) is 6.30. The van der Waals surface area contributed by atoms with Crippen molar-refractivity contribution in [3.63, 3.8) is 0 Å². The summed E-state index contributed by atoms with van der Waals surface area (Å²) < 4.78 is 0. The van der Waals surface area contributed by atoms with Crippen LogP contribution in [0.3, 0.4) is 0 Å². The molecule has 1 aromatic heterocycles. The molecule has 2 aromatic rings. The number of carbonyl (C=O) groups excluding carboxylic acids is 1. The van der Waals surface area contributed by atoms with Crippen LogP contribution in [0.1, 0.15) is 11.1 Å². The van der Waals surface area contributed by atoms with E-state index in [1.165, 1.54) is 5.56 Å². The average molecular weight is 253 g/mol. The van der Waals surface area contributed by atoms with Gasteiger partial charge in [-0.1, -0.05) is 18.2 Å². The first-order chi connectivity index (χ1) is 9.22. The first kappa shape index (κ1) is 11.7. The molecule has 4 nitrogen and oxygen atoms in total. The summed E-state index contributed by atoms with van der Waals surface area (Å²) in [6.07, 6.45) is 2.78. The van der Waals surface area contributed by atoms with E-state index in [0.29, 0.717) is 12.2 Å². The number of para-hydroxylation sites is 1. The second-order valence-corrected chi connectivity index (χ2v) is 4.79. The van der Waals surface area contributed by atoms with Gasteiger partial charge in [0.15, 0.2) is 5.78 Å². The standard InChI is InChI=1S/C15H15N3O/c16-15-8-10(5-6-17-15)7-14(19)13-9-11-3-1-2-4-12(11)18-13/h1-6,8,13,18H,7,9H2,(H2,16,17). The van der Waals surface area contributed by atoms with Gasteiger partial charge < -0.3 is 11.1 Å². The molecular formula is C15H15N3O. The Bertz CT molecular complexity index is 599. The van der Waals surface area contributed by atoms with Crippen LogP contribution in [-0.4, -0.2) is 16.8 Å². The Hall–Kier alpha value is -2.36. The number of aromatic nitrogens is 1. The number of Topliss-reactive ketones (excluding diaryl/α,β-unsaturated/α-hetero) is 1. The molecule has 3 N–H and O–H groups in total. The Kier molecular flexibility index (Phi) is 2.91. The van der Waals surface area contributed by atoms with Crippen LogP contribution >= 0.6 is 0 Å². The molecule has 4 heteroatoms. The summed E-state index contributed by atoms with van der Waals surface area (Å²) in [5.74, 6) is 0.634. The van der Waals surface area contributed by atoms with Gasteiger partial charge >= 0.3 is 0 Å². The molecule has 0 amide bonds. The van der Waals surface area contributed by atoms with Crippen LogP contribution in [0, 0.1) is 0 Å². The third kappa shape index (κ3) is 2.42. The zero-order valence-corrected chi connectivity index (χ0v) is 10.5. The molecular weight excluding hydrogens is 238 g/mol. The van der Waals surface area contributed by atoms with Gasteiger partial charge in [0.2, 0.25) is 0 Å². The maximum atomic E-state index is 12.3. The summed E-state index contributed by atoms with van der Waals surface area (Å²) in [7, 11) is 0. The third-order valence-corrected chi connectivity index (χ3v) is 3.38. The average Bonchev–Trinajstić information content (AvgIpc) is 2.82. The van der Waals surface area contributed by atoms with Crippen LogP contribution in [0.5, 0.6) is 0 Å². The smallest absolute Gasteiger partial charge is 0.159 e. The molecule has 1 unspecified atom stereocenters. The molecule has 2 heterocycles. The second kappa shape index (κ2) is 4.72. The van der Waals surface area contributed by atoms with E-state index < -0.39 is 0 Å². The Labute approximate surface area is 111 Å². The highest BCUT2D eigenvalue weighted by Gasteiger charge is 2.25. The molecule has 0 fully saturated rings. The number of hydrogen-bond acceptors (Lipinski definition) is 4. The number of ketones is 1. The van der Waals surface area contributed by atoms with E-state index in [2.05, 4.69) is 16.4 Å². The largest absolute Gasteiger partial charge is 0.384 e. The van der Waals surface area contributed by atoms with Gasteiger partial charge in [-0.2, -0.15) is 0 Å². The van der Waals surface area contributed by atoms with Crippen molar-refractivity contribution < 1.29 is 4.79 Å². The summed E-state index contributed by atoms with van der Waals surface area (Å²) in [6.45, 7) is 0. The summed E-state index contributed by atoms with van der Waals surface area (Å²) in [4.78, 5) is 16.2. The molecule has 1 aliphatic heterocycles. The molecule has 0 radical (unpaired) electrons. The maximum Gasteiger partial charge on any atom is 0.159 e. The number of nitrogen functional groups attached to an aromatic ring is 1. The number of nitrogens with one attached hydrogen (secondary N) is 1. The van der Waals surface area contributed by atoms with Crippen molar-refractivity contribution in [2.75, 3.05) is 11.1 Å². The quantitative estimate of drug-likeness (QED) is 0.875. The lowest BCUT2D eigenvalue weighted by Crippen LogP contribution is -2.28. The van der Waals surface area contributed by atoms with Crippen LogP contribution in [0.25, 0.3) is 0 Å². The number of pyridine rings is 1. The number of carbonyl (C=O) groups is 1. The monoisotopic (exact) mass is 253 g/mol. The second-order valence-electron chi connectivity index (χ2n) is 4.79. The summed E-state index contributed by atoms with van der Waals surface area (Å²) >= 11 is 0. The molecule has 0 saturated carbocycles. The summed E-state index contributed by atoms with van der Waals surface area (Å²) in [6, 6.07) is 11.5. The van der Waals surface area contributed by atoms with Gasteiger partial charge in [-0.15, -0.1) is 0 Å². The number of anilines is 2. The number of nitrogens with two attached hydrogens (primary N) is 1. The van der Waals surface area contributed by atoms with Crippen molar-refractivity contribution in [3.8, 4) is 0 Å². The zero-order valence-electron chi connectivity index (χ0n) is 10.5. The van der Waals surface area contributed by atoms with E-state index in [9.17, 15) is 4.79 Å². The number of nitrogens with zero attached hydrogens (tertiary/aromatic N) is 1. The Balaban J connectivity index is 1.70. The lowest BCUT2D eigenvalue weighted by Gasteiger charge is -2.10. The van der Waals surface area contributed by atoms with Crippen molar-refractivity contribution in [2.45, 2.75) is 18.9 Å². The minimum Gasteiger partial charge on any atom is -0.384 e. The van der Waals surface area contributed by atoms with Gasteiger partial charge in [-0.3, -0.25) is 4.79 Å². The molecule has 0 bridgehead atoms. The van der Waals surface area contributed by atoms with Crippen LogP contribution in [0.15, 0.2) is 42.6 Å². The fraction of sp³-hybridized carbons (Fsp3) is 0.200. The molecule has 19 heavy (non-hydrogen) atoms. The number of benzene rings is 1. The fourth-order valence-electron chi connectivity index (χ4n) is 2.42. The molecule has 1 atom stereocenters. The van der Waals surface area contributed by atoms with Crippen molar-refractivity contribution in [1.82, 2.24) is 4.98 Å². The highest BCUT2D eigenvalue weighted by atomic mass is 16.1. The highest BCUT2D eigenvalue weighted by molar-refractivity contribution is 5.90. The molecule has 1 aromatic carbocycles. The van der Waals surface area contributed by atoms with Gasteiger partial charge in [0.05, 0.1) is 6.04 Å². The molecule has 1 aliphatic rings.